The molecule has 18 heavy (non-hydrogen) atoms. The zero-order valence-electron chi connectivity index (χ0n) is 9.37. The fourth-order valence-corrected chi connectivity index (χ4v) is 2.88. The quantitative estimate of drug-likeness (QED) is 0.914. The van der Waals surface area contributed by atoms with E-state index >= 15 is 0 Å². The molecule has 1 aliphatic rings. The molecule has 1 N–H and O–H groups in total. The lowest BCUT2D eigenvalue weighted by atomic mass is 10.1. The minimum Gasteiger partial charge on any atom is -0.478 e. The van der Waals surface area contributed by atoms with Crippen molar-refractivity contribution >= 4 is 17.7 Å². The minimum absolute atomic E-state index is 0.110. The second-order valence-corrected chi connectivity index (χ2v) is 5.05. The molecular weight excluding hydrogens is 248 g/mol. The van der Waals surface area contributed by atoms with Crippen molar-refractivity contribution in [3.8, 4) is 5.75 Å². The average molecular weight is 258 g/mol. The number of hydrogen-bond donors (Lipinski definition) is 1. The minimum atomic E-state index is -0.949. The highest BCUT2D eigenvalue weighted by molar-refractivity contribution is 7.99. The van der Waals surface area contributed by atoms with Gasteiger partial charge in [0.1, 0.15) is 11.3 Å². The first-order valence-corrected chi connectivity index (χ1v) is 6.38. The highest BCUT2D eigenvalue weighted by atomic mass is 32.2. The van der Waals surface area contributed by atoms with Gasteiger partial charge in [0.25, 0.3) is 0 Å². The predicted molar refractivity (Wildman–Crippen MR) is 69.1 cm³/mol. The molecule has 2 aromatic rings. The van der Waals surface area contributed by atoms with E-state index in [4.69, 9.17) is 9.84 Å². The van der Waals surface area contributed by atoms with Crippen molar-refractivity contribution in [2.24, 2.45) is 0 Å². The van der Waals surface area contributed by atoms with Crippen molar-refractivity contribution in [1.29, 1.82) is 0 Å². The Bertz CT molecular complexity index is 595. The number of hydrogen-bond acceptors (Lipinski definition) is 3. The first-order chi connectivity index (χ1) is 8.75. The third-order valence-corrected chi connectivity index (χ3v) is 3.85. The van der Waals surface area contributed by atoms with Gasteiger partial charge in [0.15, 0.2) is 5.44 Å². The molecular formula is C14H10O3S. The molecule has 3 nitrogen and oxygen atoms in total. The van der Waals surface area contributed by atoms with Crippen LogP contribution in [-0.2, 0) is 0 Å². The van der Waals surface area contributed by atoms with Crippen molar-refractivity contribution in [2.45, 2.75) is 10.3 Å². The summed E-state index contributed by atoms with van der Waals surface area (Å²) in [4.78, 5) is 12.1. The van der Waals surface area contributed by atoms with Gasteiger partial charge >= 0.3 is 5.97 Å². The Balaban J connectivity index is 1.84. The van der Waals surface area contributed by atoms with E-state index in [2.05, 4.69) is 0 Å². The molecule has 0 bridgehead atoms. The average Bonchev–Trinajstić information content (AvgIpc) is 2.37. The number of ether oxygens (including phenoxy) is 1. The van der Waals surface area contributed by atoms with Gasteiger partial charge < -0.3 is 9.84 Å². The lowest BCUT2D eigenvalue weighted by molar-refractivity contribution is 0.0686. The smallest absolute Gasteiger partial charge is 0.339 e. The Morgan fingerprint density at radius 2 is 1.89 bits per heavy atom. The molecule has 0 spiro atoms. The fraction of sp³-hybridized carbons (Fsp3) is 0.0714. The summed E-state index contributed by atoms with van der Waals surface area (Å²) in [6.45, 7) is 0. The van der Waals surface area contributed by atoms with Crippen molar-refractivity contribution < 1.29 is 14.6 Å². The maximum Gasteiger partial charge on any atom is 0.339 e. The van der Waals surface area contributed by atoms with E-state index in [0.29, 0.717) is 5.75 Å². The Morgan fingerprint density at radius 1 is 1.11 bits per heavy atom. The molecule has 0 amide bonds. The summed E-state index contributed by atoms with van der Waals surface area (Å²) in [5.74, 6) is -0.451. The number of carboxylic acid groups (broad SMARTS) is 1. The number of thioether (sulfide) groups is 1. The topological polar surface area (TPSA) is 46.5 Å². The van der Waals surface area contributed by atoms with Gasteiger partial charge in [0.05, 0.1) is 0 Å². The molecule has 0 saturated carbocycles. The molecule has 0 saturated heterocycles. The van der Waals surface area contributed by atoms with Gasteiger partial charge in [-0.2, -0.15) is 0 Å². The Kier molecular flexibility index (Phi) is 2.72. The maximum atomic E-state index is 11.0. The molecule has 1 heterocycles. The van der Waals surface area contributed by atoms with E-state index in [1.54, 1.807) is 23.9 Å². The molecule has 90 valence electrons. The van der Waals surface area contributed by atoms with Crippen LogP contribution < -0.4 is 4.74 Å². The van der Waals surface area contributed by atoms with E-state index in [-0.39, 0.29) is 11.0 Å². The number of carboxylic acids is 1. The van der Waals surface area contributed by atoms with Gasteiger partial charge in [-0.25, -0.2) is 4.79 Å². The summed E-state index contributed by atoms with van der Waals surface area (Å²) in [6.07, 6.45) is 0. The van der Waals surface area contributed by atoms with Crippen molar-refractivity contribution in [1.82, 2.24) is 0 Å². The van der Waals surface area contributed by atoms with Crippen LogP contribution in [0.4, 0.5) is 0 Å². The van der Waals surface area contributed by atoms with Gasteiger partial charge in [0, 0.05) is 10.5 Å². The zero-order chi connectivity index (χ0) is 12.5. The number of fused-ring (bicyclic) bond motifs is 1. The number of para-hydroxylation sites is 1. The summed E-state index contributed by atoms with van der Waals surface area (Å²) in [7, 11) is 0. The molecule has 0 fully saturated rings. The Labute approximate surface area is 108 Å². The molecule has 0 radical (unpaired) electrons. The number of aromatic carboxylic acids is 1. The van der Waals surface area contributed by atoms with Crippen molar-refractivity contribution in [2.75, 3.05) is 0 Å². The predicted octanol–water partition coefficient (Wildman–Crippen LogP) is 3.57. The van der Waals surface area contributed by atoms with Crippen LogP contribution in [0.1, 0.15) is 21.4 Å². The lowest BCUT2D eigenvalue weighted by Gasteiger charge is -2.31. The first-order valence-electron chi connectivity index (χ1n) is 5.50. The largest absolute Gasteiger partial charge is 0.478 e. The summed E-state index contributed by atoms with van der Waals surface area (Å²) in [5, 5.41) is 9.01. The maximum absolute atomic E-state index is 11.0. The van der Waals surface area contributed by atoms with Crippen LogP contribution in [0.3, 0.4) is 0 Å². The number of carbonyl (C=O) groups is 1. The van der Waals surface area contributed by atoms with Crippen LogP contribution in [0.15, 0.2) is 53.4 Å². The molecule has 2 aromatic carbocycles. The van der Waals surface area contributed by atoms with Crippen LogP contribution in [0, 0.1) is 0 Å². The molecule has 0 aliphatic carbocycles. The second-order valence-electron chi connectivity index (χ2n) is 3.91. The van der Waals surface area contributed by atoms with Gasteiger partial charge in [-0.1, -0.05) is 42.1 Å². The Morgan fingerprint density at radius 3 is 2.61 bits per heavy atom. The molecule has 1 atom stereocenters. The van der Waals surface area contributed by atoms with Gasteiger partial charge in [-0.3, -0.25) is 0 Å². The number of rotatable bonds is 3. The van der Waals surface area contributed by atoms with E-state index in [1.165, 1.54) is 0 Å². The summed E-state index contributed by atoms with van der Waals surface area (Å²) >= 11 is 1.58. The zero-order valence-corrected chi connectivity index (χ0v) is 10.2. The van der Waals surface area contributed by atoms with Crippen molar-refractivity contribution in [3.05, 3.63) is 59.7 Å². The van der Waals surface area contributed by atoms with Crippen LogP contribution >= 0.6 is 11.8 Å². The molecule has 3 rings (SSSR count). The van der Waals surface area contributed by atoms with Crippen molar-refractivity contribution in [3.63, 3.8) is 0 Å². The molecule has 1 aliphatic heterocycles. The lowest BCUT2D eigenvalue weighted by Crippen LogP contribution is -2.19. The third-order valence-electron chi connectivity index (χ3n) is 2.74. The SMILES string of the molecule is O=C(O)c1cccc2c1OC2Sc1ccccc1. The van der Waals surface area contributed by atoms with E-state index in [0.717, 1.165) is 10.5 Å². The van der Waals surface area contributed by atoms with Gasteiger partial charge in [-0.05, 0) is 18.2 Å². The third kappa shape index (κ3) is 1.84. The normalized spacial score (nSPS) is 16.3. The second kappa shape index (κ2) is 4.38. The van der Waals surface area contributed by atoms with Crippen LogP contribution in [0.2, 0.25) is 0 Å². The van der Waals surface area contributed by atoms with E-state index in [1.807, 2.05) is 36.4 Å². The van der Waals surface area contributed by atoms with Crippen LogP contribution in [0.25, 0.3) is 0 Å². The highest BCUT2D eigenvalue weighted by Gasteiger charge is 2.33. The molecule has 4 heteroatoms. The Hall–Kier alpha value is -1.94. The monoisotopic (exact) mass is 258 g/mol. The van der Waals surface area contributed by atoms with Crippen LogP contribution in [-0.4, -0.2) is 11.1 Å². The number of benzene rings is 2. The molecule has 1 unspecified atom stereocenters. The standard InChI is InChI=1S/C14H10O3S/c15-13(16)10-7-4-8-11-12(10)17-14(11)18-9-5-2-1-3-6-9/h1-8,14H,(H,15,16). The first kappa shape index (κ1) is 11.2. The van der Waals surface area contributed by atoms with Gasteiger partial charge in [-0.15, -0.1) is 0 Å². The fourth-order valence-electron chi connectivity index (χ4n) is 1.86. The summed E-state index contributed by atoms with van der Waals surface area (Å²) in [6, 6.07) is 15.1. The van der Waals surface area contributed by atoms with E-state index in [9.17, 15) is 4.79 Å². The van der Waals surface area contributed by atoms with Crippen LogP contribution in [0.5, 0.6) is 5.75 Å². The summed E-state index contributed by atoms with van der Waals surface area (Å²) < 4.78 is 5.56. The van der Waals surface area contributed by atoms with Gasteiger partial charge in [0.2, 0.25) is 0 Å². The van der Waals surface area contributed by atoms with E-state index < -0.39 is 5.97 Å². The molecule has 0 aromatic heterocycles. The summed E-state index contributed by atoms with van der Waals surface area (Å²) in [5.41, 5.74) is 1.07. The highest BCUT2D eigenvalue weighted by Crippen LogP contribution is 2.49.